The summed E-state index contributed by atoms with van der Waals surface area (Å²) in [6.45, 7) is 11.9. The summed E-state index contributed by atoms with van der Waals surface area (Å²) in [5.74, 6) is -1.26. The number of benzene rings is 2. The van der Waals surface area contributed by atoms with Crippen LogP contribution in [0.1, 0.15) is 23.6 Å². The van der Waals surface area contributed by atoms with Crippen LogP contribution in [0.25, 0.3) is 4.85 Å². The van der Waals surface area contributed by atoms with E-state index >= 15 is 0 Å². The van der Waals surface area contributed by atoms with Gasteiger partial charge in [0.05, 0.1) is 17.2 Å². The van der Waals surface area contributed by atoms with Gasteiger partial charge in [-0.05, 0) is 72.2 Å². The number of carbonyl (C=O) groups is 1. The summed E-state index contributed by atoms with van der Waals surface area (Å²) < 4.78 is 26.1. The van der Waals surface area contributed by atoms with E-state index in [0.717, 1.165) is 14.7 Å². The third kappa shape index (κ3) is 5.15. The van der Waals surface area contributed by atoms with Crippen molar-refractivity contribution in [2.45, 2.75) is 37.7 Å². The predicted molar refractivity (Wildman–Crippen MR) is 113 cm³/mol. The molecule has 0 aliphatic heterocycles. The number of aliphatic hydroxyl groups is 1. The van der Waals surface area contributed by atoms with Gasteiger partial charge in [-0.2, -0.15) is 0 Å². The van der Waals surface area contributed by atoms with Gasteiger partial charge in [-0.25, -0.2) is 13.3 Å². The maximum Gasteiger partial charge on any atom is 0.190 e. The van der Waals surface area contributed by atoms with Crippen molar-refractivity contribution < 1.29 is 18.3 Å². The van der Waals surface area contributed by atoms with Gasteiger partial charge in [0, 0.05) is 9.99 Å². The van der Waals surface area contributed by atoms with E-state index in [1.54, 1.807) is 31.2 Å². The lowest BCUT2D eigenvalue weighted by Gasteiger charge is -2.22. The van der Waals surface area contributed by atoms with Gasteiger partial charge in [0.1, 0.15) is 5.60 Å². The van der Waals surface area contributed by atoms with Crippen molar-refractivity contribution in [2.24, 2.45) is 0 Å². The molecule has 0 heterocycles. The van der Waals surface area contributed by atoms with Crippen molar-refractivity contribution in [1.82, 2.24) is 0 Å². The van der Waals surface area contributed by atoms with Gasteiger partial charge in [0.2, 0.25) is 0 Å². The Kier molecular flexibility index (Phi) is 6.45. The molecule has 0 radical (unpaired) electrons. The second kappa shape index (κ2) is 8.09. The summed E-state index contributed by atoms with van der Waals surface area (Å²) in [6, 6.07) is 9.69. The van der Waals surface area contributed by atoms with Gasteiger partial charge in [-0.3, -0.25) is 4.79 Å². The maximum absolute atomic E-state index is 12.7. The molecule has 2 aromatic carbocycles. The van der Waals surface area contributed by atoms with Crippen molar-refractivity contribution in [3.05, 3.63) is 68.1 Å². The molecule has 2 rings (SSSR count). The standard InChI is InChI=1S/C20H20INO4S/c1-13-5-7-16(11-17(13)21)27(25,26)12-20(3,24)19(23)10-15-6-8-18(22-4)14(2)9-15/h5-9,11,24H,10,12H2,1-3H3. The number of sulfone groups is 1. The third-order valence-corrected chi connectivity index (χ3v) is 7.40. The fraction of sp³-hybridized carbons (Fsp3) is 0.300. The Morgan fingerprint density at radius 2 is 1.85 bits per heavy atom. The van der Waals surface area contributed by atoms with E-state index in [4.69, 9.17) is 6.57 Å². The van der Waals surface area contributed by atoms with Crippen LogP contribution >= 0.6 is 22.6 Å². The number of ketones is 1. The normalized spacial score (nSPS) is 13.6. The summed E-state index contributed by atoms with van der Waals surface area (Å²) in [5, 5.41) is 10.6. The topological polar surface area (TPSA) is 75.8 Å². The number of carbonyl (C=O) groups excluding carboxylic acids is 1. The van der Waals surface area contributed by atoms with Crippen LogP contribution in [0.5, 0.6) is 0 Å². The first kappa shape index (κ1) is 21.5. The second-order valence-electron chi connectivity index (χ2n) is 6.78. The summed E-state index contributed by atoms with van der Waals surface area (Å²) in [7, 11) is -3.83. The minimum Gasteiger partial charge on any atom is -0.381 e. The molecule has 0 amide bonds. The van der Waals surface area contributed by atoms with E-state index in [9.17, 15) is 18.3 Å². The van der Waals surface area contributed by atoms with Crippen molar-refractivity contribution >= 4 is 43.9 Å². The number of rotatable bonds is 6. The van der Waals surface area contributed by atoms with Crippen LogP contribution in [0.2, 0.25) is 0 Å². The van der Waals surface area contributed by atoms with Gasteiger partial charge in [-0.15, -0.1) is 0 Å². The number of Topliss-reactive ketones (excluding diaryl/α,β-unsaturated/α-hetero) is 1. The van der Waals surface area contributed by atoms with E-state index in [0.29, 0.717) is 11.3 Å². The highest BCUT2D eigenvalue weighted by molar-refractivity contribution is 14.1. The lowest BCUT2D eigenvalue weighted by molar-refractivity contribution is -0.133. The fourth-order valence-corrected chi connectivity index (χ4v) is 5.00. The van der Waals surface area contributed by atoms with Gasteiger partial charge in [0.15, 0.2) is 21.3 Å². The molecule has 0 aliphatic carbocycles. The van der Waals surface area contributed by atoms with Crippen LogP contribution in [0.15, 0.2) is 41.3 Å². The summed E-state index contributed by atoms with van der Waals surface area (Å²) in [5.41, 5.74) is 0.802. The highest BCUT2D eigenvalue weighted by Gasteiger charge is 2.36. The smallest absolute Gasteiger partial charge is 0.190 e. The molecular weight excluding hydrogens is 477 g/mol. The third-order valence-electron chi connectivity index (χ3n) is 4.32. The zero-order chi connectivity index (χ0) is 20.4. The van der Waals surface area contributed by atoms with Gasteiger partial charge in [0.25, 0.3) is 0 Å². The molecule has 0 bridgehead atoms. The molecule has 27 heavy (non-hydrogen) atoms. The molecule has 0 saturated heterocycles. The molecule has 2 aromatic rings. The van der Waals surface area contributed by atoms with Crippen LogP contribution in [0, 0.1) is 24.0 Å². The molecule has 142 valence electrons. The average molecular weight is 497 g/mol. The largest absolute Gasteiger partial charge is 0.381 e. The summed E-state index contributed by atoms with van der Waals surface area (Å²) in [6.07, 6.45) is -0.104. The monoisotopic (exact) mass is 497 g/mol. The number of hydrogen-bond donors (Lipinski definition) is 1. The fourth-order valence-electron chi connectivity index (χ4n) is 2.63. The maximum atomic E-state index is 12.7. The Morgan fingerprint density at radius 1 is 1.19 bits per heavy atom. The number of aryl methyl sites for hydroxylation is 2. The quantitative estimate of drug-likeness (QED) is 0.487. The summed E-state index contributed by atoms with van der Waals surface area (Å²) >= 11 is 2.05. The molecule has 0 fully saturated rings. The minimum absolute atomic E-state index is 0.0860. The zero-order valence-corrected chi connectivity index (χ0v) is 18.3. The molecular formula is C20H20INO4S. The van der Waals surface area contributed by atoms with Gasteiger partial charge < -0.3 is 5.11 Å². The molecule has 1 N–H and O–H groups in total. The van der Waals surface area contributed by atoms with E-state index < -0.39 is 27.0 Å². The Balaban J connectivity index is 2.21. The molecule has 0 aliphatic rings. The van der Waals surface area contributed by atoms with Crippen LogP contribution in [0.4, 0.5) is 5.69 Å². The zero-order valence-electron chi connectivity index (χ0n) is 15.3. The SMILES string of the molecule is [C-]#[N+]c1ccc(CC(=O)C(C)(O)CS(=O)(=O)c2ccc(C)c(I)c2)cc1C. The van der Waals surface area contributed by atoms with Crippen molar-refractivity contribution in [1.29, 1.82) is 0 Å². The first-order valence-corrected chi connectivity index (χ1v) is 10.9. The lowest BCUT2D eigenvalue weighted by atomic mass is 9.96. The van der Waals surface area contributed by atoms with Crippen LogP contribution in [-0.2, 0) is 21.1 Å². The van der Waals surface area contributed by atoms with Crippen LogP contribution in [-0.4, -0.2) is 30.7 Å². The van der Waals surface area contributed by atoms with E-state index in [1.165, 1.54) is 19.1 Å². The highest BCUT2D eigenvalue weighted by Crippen LogP contribution is 2.24. The number of halogens is 1. The average Bonchev–Trinajstić information content (AvgIpc) is 2.56. The Labute approximate surface area is 173 Å². The molecule has 0 saturated carbocycles. The van der Waals surface area contributed by atoms with Crippen molar-refractivity contribution in [3.8, 4) is 0 Å². The Hall–Kier alpha value is -1.76. The summed E-state index contributed by atoms with van der Waals surface area (Å²) in [4.78, 5) is 16.0. The van der Waals surface area contributed by atoms with E-state index in [1.807, 2.05) is 29.5 Å². The van der Waals surface area contributed by atoms with Gasteiger partial charge >= 0.3 is 0 Å². The molecule has 1 unspecified atom stereocenters. The molecule has 5 nitrogen and oxygen atoms in total. The van der Waals surface area contributed by atoms with E-state index in [-0.39, 0.29) is 11.3 Å². The van der Waals surface area contributed by atoms with Crippen LogP contribution < -0.4 is 0 Å². The predicted octanol–water partition coefficient (Wildman–Crippen LogP) is 3.80. The number of hydrogen-bond acceptors (Lipinski definition) is 4. The molecule has 0 spiro atoms. The molecule has 0 aromatic heterocycles. The van der Waals surface area contributed by atoms with Crippen LogP contribution in [0.3, 0.4) is 0 Å². The Morgan fingerprint density at radius 3 is 2.41 bits per heavy atom. The van der Waals surface area contributed by atoms with Crippen molar-refractivity contribution in [2.75, 3.05) is 5.75 Å². The highest BCUT2D eigenvalue weighted by atomic mass is 127. The van der Waals surface area contributed by atoms with Gasteiger partial charge in [-0.1, -0.05) is 24.3 Å². The number of nitrogens with zero attached hydrogens (tertiary/aromatic N) is 1. The van der Waals surface area contributed by atoms with E-state index in [2.05, 4.69) is 4.85 Å². The first-order valence-electron chi connectivity index (χ1n) is 8.18. The Bertz CT molecular complexity index is 1040. The first-order chi connectivity index (χ1) is 12.5. The lowest BCUT2D eigenvalue weighted by Crippen LogP contribution is -2.43. The molecule has 1 atom stereocenters. The minimum atomic E-state index is -3.83. The van der Waals surface area contributed by atoms with Crippen molar-refractivity contribution in [3.63, 3.8) is 0 Å². The molecule has 7 heteroatoms. The second-order valence-corrected chi connectivity index (χ2v) is 9.93.